The molecule has 0 aliphatic rings. The summed E-state index contributed by atoms with van der Waals surface area (Å²) in [6.45, 7) is 0. The Bertz CT molecular complexity index is 2400. The van der Waals surface area contributed by atoms with E-state index in [0.29, 0.717) is 22.5 Å². The molecule has 6 aromatic rings. The molecule has 0 saturated carbocycles. The van der Waals surface area contributed by atoms with E-state index in [2.05, 4.69) is 10.2 Å². The number of benzene rings is 4. The molecule has 0 unspecified atom stereocenters. The Labute approximate surface area is 288 Å². The highest BCUT2D eigenvalue weighted by Gasteiger charge is 2.36. The zero-order chi connectivity index (χ0) is 36.4. The minimum absolute atomic E-state index is 0.00746. The SMILES string of the molecule is COc1ccc(-c2cc(C(F)(F)F)nn2-c2ccccc2S(N)(=O)=O)cc1F.NS(=O)(=O)c1ccccc1-n1ncc(Cl)c1-c1ccccc1. The van der Waals surface area contributed by atoms with Crippen LogP contribution in [-0.4, -0.2) is 43.5 Å². The van der Waals surface area contributed by atoms with Crippen molar-refractivity contribution in [3.63, 3.8) is 0 Å². The summed E-state index contributed by atoms with van der Waals surface area (Å²) in [5, 5.41) is 18.6. The van der Waals surface area contributed by atoms with Crippen molar-refractivity contribution < 1.29 is 39.1 Å². The number of primary sulfonamides is 2. The Balaban J connectivity index is 0.000000200. The lowest BCUT2D eigenvalue weighted by molar-refractivity contribution is -0.141. The average molecular weight is 749 g/mol. The first-order chi connectivity index (χ1) is 23.5. The van der Waals surface area contributed by atoms with Crippen LogP contribution in [0.15, 0.2) is 119 Å². The summed E-state index contributed by atoms with van der Waals surface area (Å²) >= 11 is 6.23. The van der Waals surface area contributed by atoms with E-state index in [4.69, 9.17) is 26.6 Å². The quantitative estimate of drug-likeness (QED) is 0.184. The number of rotatable bonds is 7. The van der Waals surface area contributed by atoms with Crippen LogP contribution in [0.1, 0.15) is 5.69 Å². The van der Waals surface area contributed by atoms with Gasteiger partial charge in [-0.25, -0.2) is 40.9 Å². The van der Waals surface area contributed by atoms with Crippen LogP contribution in [0.2, 0.25) is 5.02 Å². The molecule has 50 heavy (non-hydrogen) atoms. The summed E-state index contributed by atoms with van der Waals surface area (Å²) in [5.41, 5.74) is 0.175. The largest absolute Gasteiger partial charge is 0.494 e. The van der Waals surface area contributed by atoms with Crippen molar-refractivity contribution in [2.75, 3.05) is 7.11 Å². The van der Waals surface area contributed by atoms with Gasteiger partial charge in [-0.15, -0.1) is 0 Å². The average Bonchev–Trinajstić information content (AvgIpc) is 3.69. The lowest BCUT2D eigenvalue weighted by atomic mass is 10.1. The van der Waals surface area contributed by atoms with Crippen molar-refractivity contribution in [3.8, 4) is 39.6 Å². The number of hydrogen-bond acceptors (Lipinski definition) is 7. The zero-order valence-corrected chi connectivity index (χ0v) is 28.0. The van der Waals surface area contributed by atoms with Gasteiger partial charge in [0, 0.05) is 11.1 Å². The fraction of sp³-hybridized carbons (Fsp3) is 0.0625. The predicted molar refractivity (Wildman–Crippen MR) is 177 cm³/mol. The van der Waals surface area contributed by atoms with Crippen LogP contribution in [0, 0.1) is 5.82 Å². The third-order valence-electron chi connectivity index (χ3n) is 7.02. The number of nitrogens with zero attached hydrogens (tertiary/aromatic N) is 4. The van der Waals surface area contributed by atoms with Crippen LogP contribution in [-0.2, 0) is 26.2 Å². The van der Waals surface area contributed by atoms with Crippen molar-refractivity contribution in [3.05, 3.63) is 126 Å². The third kappa shape index (κ3) is 7.71. The van der Waals surface area contributed by atoms with Gasteiger partial charge in [0.2, 0.25) is 20.0 Å². The Hall–Kier alpha value is -5.07. The Morgan fingerprint density at radius 3 is 1.80 bits per heavy atom. The maximum Gasteiger partial charge on any atom is 0.435 e. The zero-order valence-electron chi connectivity index (χ0n) is 25.6. The molecule has 6 rings (SSSR count). The number of sulfonamides is 2. The molecule has 2 aromatic heterocycles. The minimum Gasteiger partial charge on any atom is -0.494 e. The molecule has 0 fully saturated rings. The molecule has 4 N–H and O–H groups in total. The van der Waals surface area contributed by atoms with Crippen LogP contribution < -0.4 is 15.0 Å². The van der Waals surface area contributed by atoms with Gasteiger partial charge in [-0.05, 0) is 48.5 Å². The number of para-hydroxylation sites is 2. The summed E-state index contributed by atoms with van der Waals surface area (Å²) in [5.74, 6) is -0.906. The first-order valence-electron chi connectivity index (χ1n) is 14.0. The van der Waals surface area contributed by atoms with E-state index >= 15 is 0 Å². The number of ether oxygens (including phenoxy) is 1. The second kappa shape index (κ2) is 14.0. The fourth-order valence-corrected chi connectivity index (χ4v) is 6.51. The number of aromatic nitrogens is 4. The van der Waals surface area contributed by atoms with Crippen LogP contribution in [0.25, 0.3) is 33.9 Å². The van der Waals surface area contributed by atoms with E-state index < -0.39 is 42.6 Å². The van der Waals surface area contributed by atoms with Gasteiger partial charge in [-0.1, -0.05) is 66.2 Å². The summed E-state index contributed by atoms with van der Waals surface area (Å²) in [7, 11) is -6.89. The van der Waals surface area contributed by atoms with Crippen molar-refractivity contribution >= 4 is 31.6 Å². The van der Waals surface area contributed by atoms with Crippen LogP contribution in [0.4, 0.5) is 17.6 Å². The van der Waals surface area contributed by atoms with E-state index in [-0.39, 0.29) is 27.6 Å². The van der Waals surface area contributed by atoms with E-state index in [9.17, 15) is 34.4 Å². The van der Waals surface area contributed by atoms with Crippen LogP contribution in [0.5, 0.6) is 5.75 Å². The molecule has 0 spiro atoms. The molecule has 0 atom stereocenters. The molecular formula is C32H25ClF4N6O5S2. The van der Waals surface area contributed by atoms with Gasteiger partial charge in [0.1, 0.15) is 9.79 Å². The molecule has 2 heterocycles. The molecular weight excluding hydrogens is 724 g/mol. The van der Waals surface area contributed by atoms with Crippen molar-refractivity contribution in [1.29, 1.82) is 0 Å². The van der Waals surface area contributed by atoms with Gasteiger partial charge in [-0.2, -0.15) is 23.4 Å². The highest BCUT2D eigenvalue weighted by atomic mass is 35.5. The summed E-state index contributed by atoms with van der Waals surface area (Å²) in [4.78, 5) is -0.436. The maximum atomic E-state index is 14.1. The molecule has 11 nitrogen and oxygen atoms in total. The number of halogens is 5. The normalized spacial score (nSPS) is 11.9. The molecule has 260 valence electrons. The van der Waals surface area contributed by atoms with E-state index in [1.807, 2.05) is 30.3 Å². The fourth-order valence-electron chi connectivity index (χ4n) is 4.85. The van der Waals surface area contributed by atoms with E-state index in [0.717, 1.165) is 22.4 Å². The second-order valence-electron chi connectivity index (χ2n) is 10.3. The van der Waals surface area contributed by atoms with Gasteiger partial charge in [0.25, 0.3) is 0 Å². The predicted octanol–water partition coefficient (Wildman–Crippen LogP) is 6.19. The van der Waals surface area contributed by atoms with Crippen LogP contribution >= 0.6 is 11.6 Å². The summed E-state index contributed by atoms with van der Waals surface area (Å²) in [6, 6.07) is 25.2. The number of methoxy groups -OCH3 is 1. The van der Waals surface area contributed by atoms with Gasteiger partial charge in [0.05, 0.1) is 41.1 Å². The van der Waals surface area contributed by atoms with Gasteiger partial charge >= 0.3 is 6.18 Å². The smallest absolute Gasteiger partial charge is 0.435 e. The third-order valence-corrected chi connectivity index (χ3v) is 9.21. The lowest BCUT2D eigenvalue weighted by Crippen LogP contribution is -2.16. The number of nitrogens with two attached hydrogens (primary N) is 2. The molecule has 0 amide bonds. The Morgan fingerprint density at radius 1 is 0.740 bits per heavy atom. The highest BCUT2D eigenvalue weighted by Crippen LogP contribution is 2.36. The van der Waals surface area contributed by atoms with Gasteiger partial charge in [0.15, 0.2) is 17.3 Å². The van der Waals surface area contributed by atoms with E-state index in [1.165, 1.54) is 54.4 Å². The lowest BCUT2D eigenvalue weighted by Gasteiger charge is -2.12. The van der Waals surface area contributed by atoms with Crippen molar-refractivity contribution in [2.45, 2.75) is 16.0 Å². The first kappa shape index (κ1) is 36.2. The van der Waals surface area contributed by atoms with Crippen molar-refractivity contribution in [1.82, 2.24) is 19.6 Å². The second-order valence-corrected chi connectivity index (χ2v) is 13.8. The summed E-state index contributed by atoms with van der Waals surface area (Å²) < 4.78 is 108. The minimum atomic E-state index is -4.80. The Kier molecular flexibility index (Phi) is 10.2. The van der Waals surface area contributed by atoms with Gasteiger partial charge < -0.3 is 4.74 Å². The standard InChI is InChI=1S/C17H13F4N3O3S.C15H12ClN3O2S/c1-27-14-7-6-10(8-11(14)18)13-9-16(17(19,20)21)23-24(13)12-4-2-3-5-15(12)28(22,25)26;16-12-10-18-19(15(12)11-6-2-1-3-7-11)13-8-4-5-9-14(13)22(17,20)21/h2-9H,1H3,(H2,22,25,26);1-10H,(H2,17,20,21). The molecule has 0 bridgehead atoms. The van der Waals surface area contributed by atoms with E-state index in [1.54, 1.807) is 18.2 Å². The highest BCUT2D eigenvalue weighted by molar-refractivity contribution is 7.89. The summed E-state index contributed by atoms with van der Waals surface area (Å²) in [6.07, 6.45) is -3.33. The first-order valence-corrected chi connectivity index (χ1v) is 17.5. The topological polar surface area (TPSA) is 165 Å². The molecule has 18 heteroatoms. The number of hydrogen-bond donors (Lipinski definition) is 2. The number of alkyl halides is 3. The molecule has 4 aromatic carbocycles. The molecule has 0 aliphatic heterocycles. The van der Waals surface area contributed by atoms with Gasteiger partial charge in [-0.3, -0.25) is 0 Å². The maximum absolute atomic E-state index is 14.1. The molecule has 0 saturated heterocycles. The van der Waals surface area contributed by atoms with Crippen molar-refractivity contribution in [2.24, 2.45) is 10.3 Å². The molecule has 0 aliphatic carbocycles. The monoisotopic (exact) mass is 748 g/mol. The molecule has 0 radical (unpaired) electrons. The van der Waals surface area contributed by atoms with Crippen LogP contribution in [0.3, 0.4) is 0 Å². The Morgan fingerprint density at radius 2 is 1.28 bits per heavy atom.